The lowest BCUT2D eigenvalue weighted by Crippen LogP contribution is -2.14. The van der Waals surface area contributed by atoms with Crippen molar-refractivity contribution in [3.8, 4) is 0 Å². The molecule has 1 aromatic carbocycles. The van der Waals surface area contributed by atoms with Gasteiger partial charge in [0.25, 0.3) is 5.91 Å². The van der Waals surface area contributed by atoms with Crippen LogP contribution in [-0.2, 0) is 6.54 Å². The maximum Gasteiger partial charge on any atom is 0.257 e. The average Bonchev–Trinajstić information content (AvgIpc) is 3.09. The molecule has 2 heterocycles. The standard InChI is InChI=1S/C16H15ClN6O/c17-13-2-1-3-14(10-13)21-16(24)12-4-5-15(19-11-12)18-6-8-23-9-7-20-22-23/h1-5,7,9-11H,6,8H2,(H,18,19)(H,21,24). The molecule has 2 N–H and O–H groups in total. The van der Waals surface area contributed by atoms with Crippen LogP contribution < -0.4 is 10.6 Å². The average molecular weight is 343 g/mol. The normalized spacial score (nSPS) is 10.4. The Balaban J connectivity index is 1.54. The molecule has 8 heteroatoms. The summed E-state index contributed by atoms with van der Waals surface area (Å²) >= 11 is 5.90. The van der Waals surface area contributed by atoms with Crippen molar-refractivity contribution in [2.45, 2.75) is 6.54 Å². The summed E-state index contributed by atoms with van der Waals surface area (Å²) in [5.41, 5.74) is 1.11. The lowest BCUT2D eigenvalue weighted by Gasteiger charge is -2.07. The van der Waals surface area contributed by atoms with Gasteiger partial charge >= 0.3 is 0 Å². The zero-order valence-electron chi connectivity index (χ0n) is 12.7. The third-order valence-corrected chi connectivity index (χ3v) is 3.46. The van der Waals surface area contributed by atoms with Crippen molar-refractivity contribution < 1.29 is 4.79 Å². The number of nitrogens with one attached hydrogen (secondary N) is 2. The summed E-state index contributed by atoms with van der Waals surface area (Å²) < 4.78 is 1.72. The SMILES string of the molecule is O=C(Nc1cccc(Cl)c1)c1ccc(NCCn2ccnn2)nc1. The van der Waals surface area contributed by atoms with Gasteiger partial charge in [-0.25, -0.2) is 4.98 Å². The molecule has 0 aliphatic heterocycles. The molecule has 0 unspecified atom stereocenters. The number of carbonyl (C=O) groups is 1. The molecule has 0 aliphatic carbocycles. The highest BCUT2D eigenvalue weighted by Gasteiger charge is 2.07. The van der Waals surface area contributed by atoms with Gasteiger partial charge < -0.3 is 10.6 Å². The van der Waals surface area contributed by atoms with E-state index in [0.717, 1.165) is 0 Å². The number of pyridine rings is 1. The maximum absolute atomic E-state index is 12.2. The second kappa shape index (κ2) is 7.56. The summed E-state index contributed by atoms with van der Waals surface area (Å²) in [5.74, 6) is 0.452. The van der Waals surface area contributed by atoms with Gasteiger partial charge in [-0.1, -0.05) is 22.9 Å². The topological polar surface area (TPSA) is 84.7 Å². The number of hydrogen-bond acceptors (Lipinski definition) is 5. The lowest BCUT2D eigenvalue weighted by atomic mass is 10.2. The fraction of sp³-hybridized carbons (Fsp3) is 0.125. The van der Waals surface area contributed by atoms with E-state index in [0.29, 0.717) is 35.2 Å². The van der Waals surface area contributed by atoms with Gasteiger partial charge in [0.05, 0.1) is 18.3 Å². The Labute approximate surface area is 143 Å². The van der Waals surface area contributed by atoms with E-state index >= 15 is 0 Å². The Morgan fingerprint density at radius 2 is 2.17 bits per heavy atom. The third kappa shape index (κ3) is 4.30. The van der Waals surface area contributed by atoms with Gasteiger partial charge in [-0.3, -0.25) is 9.48 Å². The van der Waals surface area contributed by atoms with E-state index in [-0.39, 0.29) is 5.91 Å². The van der Waals surface area contributed by atoms with Crippen LogP contribution in [0.3, 0.4) is 0 Å². The number of hydrogen-bond donors (Lipinski definition) is 2. The molecule has 1 amide bonds. The Morgan fingerprint density at radius 1 is 1.25 bits per heavy atom. The molecule has 0 fully saturated rings. The highest BCUT2D eigenvalue weighted by atomic mass is 35.5. The number of rotatable bonds is 6. The number of nitrogens with zero attached hydrogens (tertiary/aromatic N) is 4. The number of aromatic nitrogens is 4. The minimum absolute atomic E-state index is 0.237. The minimum Gasteiger partial charge on any atom is -0.368 e. The van der Waals surface area contributed by atoms with E-state index in [1.807, 2.05) is 0 Å². The molecule has 0 aliphatic rings. The van der Waals surface area contributed by atoms with Crippen molar-refractivity contribution in [2.75, 3.05) is 17.2 Å². The van der Waals surface area contributed by atoms with Crippen molar-refractivity contribution in [2.24, 2.45) is 0 Å². The quantitative estimate of drug-likeness (QED) is 0.719. The van der Waals surface area contributed by atoms with Gasteiger partial charge in [-0.15, -0.1) is 5.10 Å². The first-order valence-corrected chi connectivity index (χ1v) is 7.69. The van der Waals surface area contributed by atoms with Gasteiger partial charge in [0, 0.05) is 29.6 Å². The Morgan fingerprint density at radius 3 is 2.88 bits per heavy atom. The van der Waals surface area contributed by atoms with E-state index in [9.17, 15) is 4.79 Å². The van der Waals surface area contributed by atoms with Gasteiger partial charge in [0.1, 0.15) is 5.82 Å². The molecule has 3 rings (SSSR count). The van der Waals surface area contributed by atoms with Crippen LogP contribution in [0.2, 0.25) is 5.02 Å². The maximum atomic E-state index is 12.2. The molecule has 2 aromatic heterocycles. The zero-order chi connectivity index (χ0) is 16.8. The number of amides is 1. The molecule has 0 bridgehead atoms. The van der Waals surface area contributed by atoms with Gasteiger partial charge in [-0.2, -0.15) is 0 Å². The smallest absolute Gasteiger partial charge is 0.257 e. The highest BCUT2D eigenvalue weighted by molar-refractivity contribution is 6.30. The number of halogens is 1. The summed E-state index contributed by atoms with van der Waals surface area (Å²) in [6, 6.07) is 10.5. The van der Waals surface area contributed by atoms with Crippen molar-refractivity contribution >= 4 is 29.0 Å². The minimum atomic E-state index is -0.237. The van der Waals surface area contributed by atoms with Crippen molar-refractivity contribution in [3.63, 3.8) is 0 Å². The van der Waals surface area contributed by atoms with E-state index < -0.39 is 0 Å². The first-order chi connectivity index (χ1) is 11.7. The monoisotopic (exact) mass is 342 g/mol. The van der Waals surface area contributed by atoms with Gasteiger partial charge in [0.2, 0.25) is 0 Å². The van der Waals surface area contributed by atoms with Crippen molar-refractivity contribution in [3.05, 3.63) is 65.6 Å². The molecule has 0 atom stereocenters. The lowest BCUT2D eigenvalue weighted by molar-refractivity contribution is 0.102. The molecule has 7 nitrogen and oxygen atoms in total. The van der Waals surface area contributed by atoms with Crippen LogP contribution in [0.4, 0.5) is 11.5 Å². The van der Waals surface area contributed by atoms with Crippen LogP contribution >= 0.6 is 11.6 Å². The molecule has 0 saturated carbocycles. The first-order valence-electron chi connectivity index (χ1n) is 7.32. The van der Waals surface area contributed by atoms with E-state index in [2.05, 4.69) is 25.9 Å². The highest BCUT2D eigenvalue weighted by Crippen LogP contribution is 2.16. The van der Waals surface area contributed by atoms with Crippen LogP contribution in [0.1, 0.15) is 10.4 Å². The fourth-order valence-corrected chi connectivity index (χ4v) is 2.24. The molecular formula is C16H15ClN6O. The molecule has 0 spiro atoms. The van der Waals surface area contributed by atoms with Gasteiger partial charge in [-0.05, 0) is 30.3 Å². The Hall–Kier alpha value is -2.93. The van der Waals surface area contributed by atoms with Crippen LogP contribution in [0.15, 0.2) is 55.0 Å². The van der Waals surface area contributed by atoms with E-state index in [4.69, 9.17) is 11.6 Å². The summed E-state index contributed by atoms with van der Waals surface area (Å²) in [6.45, 7) is 1.34. The predicted molar refractivity (Wildman–Crippen MR) is 92.2 cm³/mol. The Kier molecular flexibility index (Phi) is 5.02. The third-order valence-electron chi connectivity index (χ3n) is 3.23. The Bertz CT molecular complexity index is 804. The molecule has 122 valence electrons. The second-order valence-electron chi connectivity index (χ2n) is 4.99. The zero-order valence-corrected chi connectivity index (χ0v) is 13.4. The number of anilines is 2. The number of benzene rings is 1. The molecule has 0 saturated heterocycles. The van der Waals surface area contributed by atoms with E-state index in [1.165, 1.54) is 6.20 Å². The fourth-order valence-electron chi connectivity index (χ4n) is 2.05. The molecule has 3 aromatic rings. The van der Waals surface area contributed by atoms with E-state index in [1.54, 1.807) is 53.5 Å². The second-order valence-corrected chi connectivity index (χ2v) is 5.43. The summed E-state index contributed by atoms with van der Waals surface area (Å²) in [5, 5.41) is 14.1. The summed E-state index contributed by atoms with van der Waals surface area (Å²) in [7, 11) is 0. The van der Waals surface area contributed by atoms with Crippen LogP contribution in [0.25, 0.3) is 0 Å². The van der Waals surface area contributed by atoms with Crippen molar-refractivity contribution in [1.29, 1.82) is 0 Å². The summed E-state index contributed by atoms with van der Waals surface area (Å²) in [4.78, 5) is 16.4. The van der Waals surface area contributed by atoms with Crippen LogP contribution in [-0.4, -0.2) is 32.4 Å². The van der Waals surface area contributed by atoms with Crippen molar-refractivity contribution in [1.82, 2.24) is 20.0 Å². The van der Waals surface area contributed by atoms with Crippen LogP contribution in [0.5, 0.6) is 0 Å². The van der Waals surface area contributed by atoms with Gasteiger partial charge in [0.15, 0.2) is 0 Å². The molecular weight excluding hydrogens is 328 g/mol. The molecule has 0 radical (unpaired) electrons. The summed E-state index contributed by atoms with van der Waals surface area (Å²) in [6.07, 6.45) is 4.95. The van der Waals surface area contributed by atoms with Crippen LogP contribution in [0, 0.1) is 0 Å². The molecule has 24 heavy (non-hydrogen) atoms. The number of carbonyl (C=O) groups excluding carboxylic acids is 1. The largest absolute Gasteiger partial charge is 0.368 e. The first kappa shape index (κ1) is 15.9. The predicted octanol–water partition coefficient (Wildman–Crippen LogP) is 2.69.